The van der Waals surface area contributed by atoms with Crippen LogP contribution in [0.2, 0.25) is 0 Å². The van der Waals surface area contributed by atoms with Crippen molar-refractivity contribution >= 4 is 17.0 Å². The van der Waals surface area contributed by atoms with Gasteiger partial charge in [0.1, 0.15) is 0 Å². The van der Waals surface area contributed by atoms with Crippen LogP contribution in [-0.2, 0) is 12.7 Å². The van der Waals surface area contributed by atoms with E-state index in [1.54, 1.807) is 0 Å². The predicted octanol–water partition coefficient (Wildman–Crippen LogP) is 3.02. The molecule has 0 spiro atoms. The van der Waals surface area contributed by atoms with Crippen LogP contribution in [-0.4, -0.2) is 27.1 Å². The lowest BCUT2D eigenvalue weighted by Gasteiger charge is -2.10. The number of rotatable bonds is 3. The zero-order chi connectivity index (χ0) is 15.1. The fraction of sp³-hybridized carbons (Fsp3) is 0.273. The second kappa shape index (κ2) is 4.73. The van der Waals surface area contributed by atoms with Crippen molar-refractivity contribution < 1.29 is 31.9 Å². The summed E-state index contributed by atoms with van der Waals surface area (Å²) in [6.07, 6.45) is -7.90. The van der Waals surface area contributed by atoms with E-state index in [1.807, 2.05) is 0 Å². The van der Waals surface area contributed by atoms with Gasteiger partial charge in [0.2, 0.25) is 5.82 Å². The number of hydrogen-bond donors (Lipinski definition) is 1. The molecule has 0 unspecified atom stereocenters. The van der Waals surface area contributed by atoms with E-state index in [2.05, 4.69) is 4.98 Å². The molecule has 4 nitrogen and oxygen atoms in total. The van der Waals surface area contributed by atoms with Gasteiger partial charge in [0, 0.05) is 0 Å². The number of hydrogen-bond acceptors (Lipinski definition) is 2. The Balaban J connectivity index is 2.68. The number of nitrogens with zero attached hydrogens (tertiary/aromatic N) is 2. The third kappa shape index (κ3) is 2.56. The molecule has 0 fully saturated rings. The standard InChI is InChI=1S/C11H7F5N2O2/c12-8(13)4-18-7-2-1-5(9(19)20)3-6(7)17-10(18)11(14,15)16/h1-3,8H,4H2,(H,19,20). The van der Waals surface area contributed by atoms with E-state index in [-0.39, 0.29) is 16.6 Å². The van der Waals surface area contributed by atoms with Crippen molar-refractivity contribution in [1.29, 1.82) is 0 Å². The molecular weight excluding hydrogens is 287 g/mol. The minimum Gasteiger partial charge on any atom is -0.478 e. The van der Waals surface area contributed by atoms with Gasteiger partial charge in [0.25, 0.3) is 6.43 Å². The van der Waals surface area contributed by atoms with Crippen LogP contribution in [0.1, 0.15) is 16.2 Å². The highest BCUT2D eigenvalue weighted by Crippen LogP contribution is 2.32. The summed E-state index contributed by atoms with van der Waals surface area (Å²) in [5, 5.41) is 8.75. The van der Waals surface area contributed by atoms with Crippen LogP contribution in [0.15, 0.2) is 18.2 Å². The maximum atomic E-state index is 12.8. The van der Waals surface area contributed by atoms with E-state index in [1.165, 1.54) is 0 Å². The van der Waals surface area contributed by atoms with Crippen molar-refractivity contribution in [1.82, 2.24) is 9.55 Å². The van der Waals surface area contributed by atoms with Gasteiger partial charge >= 0.3 is 12.1 Å². The third-order valence-corrected chi connectivity index (χ3v) is 2.57. The number of halogens is 5. The first-order chi connectivity index (χ1) is 9.20. The van der Waals surface area contributed by atoms with Crippen molar-refractivity contribution in [2.24, 2.45) is 0 Å². The minimum absolute atomic E-state index is 0.192. The predicted molar refractivity (Wildman–Crippen MR) is 57.7 cm³/mol. The molecule has 0 radical (unpaired) electrons. The Hall–Kier alpha value is -2.19. The number of imidazole rings is 1. The van der Waals surface area contributed by atoms with E-state index in [9.17, 15) is 26.7 Å². The van der Waals surface area contributed by atoms with Gasteiger partial charge in [-0.3, -0.25) is 0 Å². The van der Waals surface area contributed by atoms with Crippen LogP contribution in [0, 0.1) is 0 Å². The topological polar surface area (TPSA) is 55.1 Å². The Bertz CT molecular complexity index is 663. The van der Waals surface area contributed by atoms with E-state index < -0.39 is 30.9 Å². The zero-order valence-corrected chi connectivity index (χ0v) is 9.66. The summed E-state index contributed by atoms with van der Waals surface area (Å²) in [4.78, 5) is 14.0. The monoisotopic (exact) mass is 294 g/mol. The smallest absolute Gasteiger partial charge is 0.449 e. The molecule has 1 aromatic carbocycles. The molecule has 0 aliphatic rings. The number of benzene rings is 1. The number of aromatic carboxylic acids is 1. The Labute approximate surface area is 108 Å². The van der Waals surface area contributed by atoms with Gasteiger partial charge in [-0.25, -0.2) is 18.6 Å². The molecule has 9 heteroatoms. The molecule has 20 heavy (non-hydrogen) atoms. The molecule has 0 saturated heterocycles. The highest BCUT2D eigenvalue weighted by atomic mass is 19.4. The number of fused-ring (bicyclic) bond motifs is 1. The Morgan fingerprint density at radius 3 is 2.50 bits per heavy atom. The van der Waals surface area contributed by atoms with Crippen LogP contribution < -0.4 is 0 Å². The van der Waals surface area contributed by atoms with Crippen molar-refractivity contribution in [3.05, 3.63) is 29.6 Å². The van der Waals surface area contributed by atoms with Crippen molar-refractivity contribution in [3.8, 4) is 0 Å². The summed E-state index contributed by atoms with van der Waals surface area (Å²) in [7, 11) is 0. The molecule has 0 atom stereocenters. The summed E-state index contributed by atoms with van der Waals surface area (Å²) in [6, 6.07) is 2.98. The number of carboxylic acid groups (broad SMARTS) is 1. The summed E-state index contributed by atoms with van der Waals surface area (Å²) < 4.78 is 63.4. The lowest BCUT2D eigenvalue weighted by Crippen LogP contribution is -2.18. The fourth-order valence-electron chi connectivity index (χ4n) is 1.80. The highest BCUT2D eigenvalue weighted by Gasteiger charge is 2.38. The second-order valence-electron chi connectivity index (χ2n) is 3.94. The van der Waals surface area contributed by atoms with Gasteiger partial charge in [0.15, 0.2) is 0 Å². The number of carbonyl (C=O) groups is 1. The summed E-state index contributed by atoms with van der Waals surface area (Å²) >= 11 is 0. The summed E-state index contributed by atoms with van der Waals surface area (Å²) in [6.45, 7) is -1.17. The lowest BCUT2D eigenvalue weighted by atomic mass is 10.2. The van der Waals surface area contributed by atoms with Crippen molar-refractivity contribution in [2.75, 3.05) is 0 Å². The second-order valence-corrected chi connectivity index (χ2v) is 3.94. The molecule has 1 aromatic heterocycles. The molecule has 2 rings (SSSR count). The largest absolute Gasteiger partial charge is 0.478 e. The van der Waals surface area contributed by atoms with Crippen LogP contribution in [0.4, 0.5) is 22.0 Å². The molecule has 0 aliphatic carbocycles. The Kier molecular flexibility index (Phi) is 3.36. The maximum Gasteiger partial charge on any atom is 0.449 e. The number of aromatic nitrogens is 2. The highest BCUT2D eigenvalue weighted by molar-refractivity contribution is 5.92. The van der Waals surface area contributed by atoms with E-state index in [0.717, 1.165) is 18.2 Å². The van der Waals surface area contributed by atoms with Crippen molar-refractivity contribution in [2.45, 2.75) is 19.1 Å². The minimum atomic E-state index is -4.91. The molecule has 0 amide bonds. The molecule has 1 heterocycles. The van der Waals surface area contributed by atoms with Gasteiger partial charge in [-0.2, -0.15) is 13.2 Å². The molecule has 1 N–H and O–H groups in total. The SMILES string of the molecule is O=C(O)c1ccc2c(c1)nc(C(F)(F)F)n2CC(F)F. The lowest BCUT2D eigenvalue weighted by molar-refractivity contribution is -0.147. The summed E-state index contributed by atoms with van der Waals surface area (Å²) in [5.74, 6) is -2.82. The molecule has 108 valence electrons. The Morgan fingerprint density at radius 2 is 2.00 bits per heavy atom. The van der Waals surface area contributed by atoms with Gasteiger partial charge in [-0.1, -0.05) is 0 Å². The average Bonchev–Trinajstić information content (AvgIpc) is 2.66. The summed E-state index contributed by atoms with van der Waals surface area (Å²) in [5.41, 5.74) is -0.756. The van der Waals surface area contributed by atoms with E-state index in [0.29, 0.717) is 4.57 Å². The molecule has 2 aromatic rings. The fourth-order valence-corrected chi connectivity index (χ4v) is 1.80. The maximum absolute atomic E-state index is 12.8. The van der Waals surface area contributed by atoms with Crippen LogP contribution >= 0.6 is 0 Å². The van der Waals surface area contributed by atoms with Crippen LogP contribution in [0.3, 0.4) is 0 Å². The average molecular weight is 294 g/mol. The van der Waals surface area contributed by atoms with Crippen LogP contribution in [0.25, 0.3) is 11.0 Å². The molecule has 0 bridgehead atoms. The third-order valence-electron chi connectivity index (χ3n) is 2.57. The zero-order valence-electron chi connectivity index (χ0n) is 9.66. The van der Waals surface area contributed by atoms with Gasteiger partial charge in [-0.15, -0.1) is 0 Å². The van der Waals surface area contributed by atoms with E-state index >= 15 is 0 Å². The first kappa shape index (κ1) is 14.2. The normalized spacial score (nSPS) is 12.3. The molecular formula is C11H7F5N2O2. The van der Waals surface area contributed by atoms with Gasteiger partial charge in [0.05, 0.1) is 23.1 Å². The first-order valence-corrected chi connectivity index (χ1v) is 5.29. The van der Waals surface area contributed by atoms with Crippen LogP contribution in [0.5, 0.6) is 0 Å². The number of alkyl halides is 5. The Morgan fingerprint density at radius 1 is 1.35 bits per heavy atom. The van der Waals surface area contributed by atoms with E-state index in [4.69, 9.17) is 5.11 Å². The van der Waals surface area contributed by atoms with Crippen molar-refractivity contribution in [3.63, 3.8) is 0 Å². The number of carboxylic acids is 1. The molecule has 0 aliphatic heterocycles. The van der Waals surface area contributed by atoms with Gasteiger partial charge in [-0.05, 0) is 18.2 Å². The molecule has 0 saturated carbocycles. The first-order valence-electron chi connectivity index (χ1n) is 5.29. The quantitative estimate of drug-likeness (QED) is 0.885. The van der Waals surface area contributed by atoms with Gasteiger partial charge < -0.3 is 9.67 Å².